The molecule has 0 saturated carbocycles. The van der Waals surface area contributed by atoms with Crippen molar-refractivity contribution in [3.8, 4) is 11.8 Å². The Bertz CT molecular complexity index is 1050. The molecule has 0 spiro atoms. The summed E-state index contributed by atoms with van der Waals surface area (Å²) in [7, 11) is 0. The van der Waals surface area contributed by atoms with Crippen LogP contribution in [0.25, 0.3) is 5.65 Å². The molecule has 2 aromatic heterocycles. The fourth-order valence-corrected chi connectivity index (χ4v) is 3.11. The second-order valence-corrected chi connectivity index (χ2v) is 6.56. The third-order valence-electron chi connectivity index (χ3n) is 4.55. The van der Waals surface area contributed by atoms with Crippen LogP contribution >= 0.6 is 0 Å². The summed E-state index contributed by atoms with van der Waals surface area (Å²) >= 11 is 0. The largest absolute Gasteiger partial charge is 0.491 e. The highest BCUT2D eigenvalue weighted by molar-refractivity contribution is 5.92. The van der Waals surface area contributed by atoms with Crippen molar-refractivity contribution in [3.05, 3.63) is 53.0 Å². The Kier molecular flexibility index (Phi) is 5.90. The smallest absolute Gasteiger partial charge is 0.224 e. The molecule has 144 valence electrons. The lowest BCUT2D eigenvalue weighted by molar-refractivity contribution is -0.116. The number of ether oxygens (including phenoxy) is 1. The summed E-state index contributed by atoms with van der Waals surface area (Å²) < 4.78 is 7.35. The number of amides is 1. The van der Waals surface area contributed by atoms with Crippen molar-refractivity contribution in [2.24, 2.45) is 0 Å². The van der Waals surface area contributed by atoms with Gasteiger partial charge in [0, 0.05) is 17.8 Å². The summed E-state index contributed by atoms with van der Waals surface area (Å²) in [6, 6.07) is 9.53. The Balaban J connectivity index is 1.73. The number of nitriles is 1. The molecule has 0 atom stereocenters. The Labute approximate surface area is 164 Å². The third kappa shape index (κ3) is 3.96. The minimum absolute atomic E-state index is 0.0929. The fourth-order valence-electron chi connectivity index (χ4n) is 3.11. The molecule has 7 nitrogen and oxygen atoms in total. The molecule has 2 heterocycles. The highest BCUT2D eigenvalue weighted by atomic mass is 16.5. The van der Waals surface area contributed by atoms with Crippen LogP contribution in [0, 0.1) is 25.2 Å². The van der Waals surface area contributed by atoms with Gasteiger partial charge in [0.05, 0.1) is 18.5 Å². The number of nitrogens with one attached hydrogen (secondary N) is 1. The minimum Gasteiger partial charge on any atom is -0.491 e. The number of hydrogen-bond acceptors (Lipinski definition) is 5. The van der Waals surface area contributed by atoms with Crippen molar-refractivity contribution >= 4 is 17.2 Å². The Morgan fingerprint density at radius 1 is 1.32 bits per heavy atom. The van der Waals surface area contributed by atoms with E-state index in [0.717, 1.165) is 23.4 Å². The molecule has 1 N–H and O–H groups in total. The summed E-state index contributed by atoms with van der Waals surface area (Å²) in [4.78, 5) is 17.0. The minimum atomic E-state index is -0.0929. The van der Waals surface area contributed by atoms with Gasteiger partial charge in [0.25, 0.3) is 0 Å². The number of anilines is 1. The van der Waals surface area contributed by atoms with E-state index in [1.165, 1.54) is 6.20 Å². The van der Waals surface area contributed by atoms with Gasteiger partial charge in [-0.05, 0) is 44.4 Å². The average Bonchev–Trinajstić information content (AvgIpc) is 3.10. The number of benzene rings is 1. The quantitative estimate of drug-likeness (QED) is 0.679. The first-order valence-corrected chi connectivity index (χ1v) is 9.30. The van der Waals surface area contributed by atoms with Gasteiger partial charge >= 0.3 is 0 Å². The SMILES string of the molecule is CCCOc1ccccc1NC(=O)CCc1c(C)nc2c(C#N)cnn2c1C. The summed E-state index contributed by atoms with van der Waals surface area (Å²) in [5.74, 6) is 0.582. The molecule has 28 heavy (non-hydrogen) atoms. The lowest BCUT2D eigenvalue weighted by Gasteiger charge is -2.13. The van der Waals surface area contributed by atoms with Gasteiger partial charge in [0.15, 0.2) is 5.65 Å². The van der Waals surface area contributed by atoms with Crippen LogP contribution in [0.3, 0.4) is 0 Å². The van der Waals surface area contributed by atoms with Gasteiger partial charge in [-0.15, -0.1) is 0 Å². The number of fused-ring (bicyclic) bond motifs is 1. The maximum Gasteiger partial charge on any atom is 0.224 e. The molecule has 7 heteroatoms. The molecule has 3 aromatic rings. The standard InChI is InChI=1S/C21H23N5O2/c1-4-11-28-19-8-6-5-7-18(19)25-20(27)10-9-17-14(2)24-21-16(12-22)13-23-26(21)15(17)3/h5-8,13H,4,9-11H2,1-3H3,(H,25,27). The lowest BCUT2D eigenvalue weighted by atomic mass is 10.1. The first-order chi connectivity index (χ1) is 13.5. The van der Waals surface area contributed by atoms with Gasteiger partial charge in [0.1, 0.15) is 17.4 Å². The lowest BCUT2D eigenvalue weighted by Crippen LogP contribution is -2.15. The molecular weight excluding hydrogens is 354 g/mol. The number of aryl methyl sites for hydroxylation is 2. The van der Waals surface area contributed by atoms with Crippen molar-refractivity contribution in [2.45, 2.75) is 40.0 Å². The summed E-state index contributed by atoms with van der Waals surface area (Å²) in [6.07, 6.45) is 3.26. The zero-order valence-electron chi connectivity index (χ0n) is 16.3. The van der Waals surface area contributed by atoms with E-state index in [2.05, 4.69) is 21.5 Å². The normalized spacial score (nSPS) is 10.6. The van der Waals surface area contributed by atoms with Gasteiger partial charge in [-0.2, -0.15) is 10.4 Å². The van der Waals surface area contributed by atoms with Gasteiger partial charge in [-0.25, -0.2) is 9.50 Å². The molecule has 0 aliphatic carbocycles. The second kappa shape index (κ2) is 8.53. The van der Waals surface area contributed by atoms with E-state index in [1.54, 1.807) is 4.52 Å². The number of rotatable bonds is 7. The number of nitrogens with zero attached hydrogens (tertiary/aromatic N) is 4. The molecule has 0 radical (unpaired) electrons. The van der Waals surface area contributed by atoms with E-state index in [1.807, 2.05) is 45.0 Å². The van der Waals surface area contributed by atoms with Gasteiger partial charge in [-0.3, -0.25) is 4.79 Å². The van der Waals surface area contributed by atoms with E-state index in [4.69, 9.17) is 10.00 Å². The number of hydrogen-bond donors (Lipinski definition) is 1. The van der Waals surface area contributed by atoms with Crippen molar-refractivity contribution in [2.75, 3.05) is 11.9 Å². The maximum absolute atomic E-state index is 12.5. The van der Waals surface area contributed by atoms with Crippen LogP contribution in [0.1, 0.15) is 42.3 Å². The molecule has 0 aliphatic rings. The van der Waals surface area contributed by atoms with E-state index in [9.17, 15) is 4.79 Å². The Morgan fingerprint density at radius 2 is 2.11 bits per heavy atom. The molecule has 0 fully saturated rings. The number of aromatic nitrogens is 3. The van der Waals surface area contributed by atoms with Gasteiger partial charge in [-0.1, -0.05) is 19.1 Å². The zero-order chi connectivity index (χ0) is 20.1. The van der Waals surface area contributed by atoms with Crippen LogP contribution < -0.4 is 10.1 Å². The number of carbonyl (C=O) groups excluding carboxylic acids is 1. The summed E-state index contributed by atoms with van der Waals surface area (Å²) in [5, 5.41) is 16.3. The van der Waals surface area contributed by atoms with Crippen LogP contribution in [-0.2, 0) is 11.2 Å². The molecule has 3 rings (SSSR count). The molecule has 0 unspecified atom stereocenters. The monoisotopic (exact) mass is 377 g/mol. The Morgan fingerprint density at radius 3 is 2.86 bits per heavy atom. The van der Waals surface area contributed by atoms with E-state index in [0.29, 0.717) is 42.1 Å². The van der Waals surface area contributed by atoms with Gasteiger partial charge < -0.3 is 10.1 Å². The second-order valence-electron chi connectivity index (χ2n) is 6.56. The van der Waals surface area contributed by atoms with E-state index in [-0.39, 0.29) is 5.91 Å². The van der Waals surface area contributed by atoms with Crippen LogP contribution in [0.2, 0.25) is 0 Å². The van der Waals surface area contributed by atoms with E-state index < -0.39 is 0 Å². The number of para-hydroxylation sites is 2. The predicted molar refractivity (Wildman–Crippen MR) is 106 cm³/mol. The molecule has 0 aliphatic heterocycles. The number of carbonyl (C=O) groups is 1. The van der Waals surface area contributed by atoms with Crippen LogP contribution in [-0.4, -0.2) is 27.1 Å². The first kappa shape index (κ1) is 19.4. The highest BCUT2D eigenvalue weighted by Crippen LogP contribution is 2.24. The van der Waals surface area contributed by atoms with Crippen molar-refractivity contribution in [1.29, 1.82) is 5.26 Å². The summed E-state index contributed by atoms with van der Waals surface area (Å²) in [6.45, 7) is 6.46. The Hall–Kier alpha value is -3.40. The molecule has 0 bridgehead atoms. The predicted octanol–water partition coefficient (Wildman–Crippen LogP) is 3.58. The zero-order valence-corrected chi connectivity index (χ0v) is 16.3. The van der Waals surface area contributed by atoms with Crippen LogP contribution in [0.5, 0.6) is 5.75 Å². The van der Waals surface area contributed by atoms with Gasteiger partial charge in [0.2, 0.25) is 5.91 Å². The van der Waals surface area contributed by atoms with Crippen molar-refractivity contribution < 1.29 is 9.53 Å². The van der Waals surface area contributed by atoms with E-state index >= 15 is 0 Å². The molecular formula is C21H23N5O2. The van der Waals surface area contributed by atoms with Crippen LogP contribution in [0.15, 0.2) is 30.5 Å². The highest BCUT2D eigenvalue weighted by Gasteiger charge is 2.15. The molecule has 0 saturated heterocycles. The van der Waals surface area contributed by atoms with Crippen molar-refractivity contribution in [3.63, 3.8) is 0 Å². The maximum atomic E-state index is 12.5. The van der Waals surface area contributed by atoms with Crippen molar-refractivity contribution in [1.82, 2.24) is 14.6 Å². The fraction of sp³-hybridized carbons (Fsp3) is 0.333. The molecule has 1 aromatic carbocycles. The topological polar surface area (TPSA) is 92.3 Å². The average molecular weight is 377 g/mol. The van der Waals surface area contributed by atoms with Crippen LogP contribution in [0.4, 0.5) is 5.69 Å². The summed E-state index contributed by atoms with van der Waals surface area (Å²) in [5.41, 5.74) is 4.33. The molecule has 1 amide bonds. The third-order valence-corrected chi connectivity index (χ3v) is 4.55. The first-order valence-electron chi connectivity index (χ1n) is 9.30.